The van der Waals surface area contributed by atoms with E-state index in [4.69, 9.17) is 16.7 Å². The maximum absolute atomic E-state index is 13.7. The smallest absolute Gasteiger partial charge is 0.303 e. The summed E-state index contributed by atoms with van der Waals surface area (Å²) in [7, 11) is 0. The van der Waals surface area contributed by atoms with Crippen molar-refractivity contribution in [2.75, 3.05) is 18.0 Å². The number of alkyl halides is 2. The molecule has 3 nitrogen and oxygen atoms in total. The topological polar surface area (TPSA) is 40.5 Å². The number of benzene rings is 1. The summed E-state index contributed by atoms with van der Waals surface area (Å²) < 4.78 is 27.4. The van der Waals surface area contributed by atoms with E-state index in [1.54, 1.807) is 12.1 Å². The molecule has 144 valence electrons. The molecule has 1 saturated heterocycles. The van der Waals surface area contributed by atoms with E-state index in [0.717, 1.165) is 64.2 Å². The van der Waals surface area contributed by atoms with E-state index in [1.165, 1.54) is 6.07 Å². The molecule has 2 fully saturated rings. The highest BCUT2D eigenvalue weighted by atomic mass is 35.5. The molecule has 0 unspecified atom stereocenters. The largest absolute Gasteiger partial charge is 0.481 e. The summed E-state index contributed by atoms with van der Waals surface area (Å²) in [6.45, 7) is 2.56. The Morgan fingerprint density at radius 2 is 1.85 bits per heavy atom. The first kappa shape index (κ1) is 19.4. The van der Waals surface area contributed by atoms with Crippen molar-refractivity contribution in [2.24, 2.45) is 11.3 Å². The normalized spacial score (nSPS) is 21.2. The van der Waals surface area contributed by atoms with Crippen molar-refractivity contribution in [3.8, 4) is 0 Å². The third kappa shape index (κ3) is 4.48. The Morgan fingerprint density at radius 1 is 1.23 bits per heavy atom. The van der Waals surface area contributed by atoms with Gasteiger partial charge in [0.25, 0.3) is 5.92 Å². The highest BCUT2D eigenvalue weighted by Gasteiger charge is 2.38. The van der Waals surface area contributed by atoms with Gasteiger partial charge < -0.3 is 10.0 Å². The zero-order valence-electron chi connectivity index (χ0n) is 15.1. The fraction of sp³-hybridized carbons (Fsp3) is 0.650. The van der Waals surface area contributed by atoms with Crippen LogP contribution in [0.4, 0.5) is 14.5 Å². The molecule has 0 amide bonds. The van der Waals surface area contributed by atoms with Gasteiger partial charge in [0, 0.05) is 42.7 Å². The molecule has 0 aromatic heterocycles. The van der Waals surface area contributed by atoms with Crippen LogP contribution in [0.2, 0.25) is 5.02 Å². The van der Waals surface area contributed by atoms with Crippen LogP contribution >= 0.6 is 11.6 Å². The molecule has 0 radical (unpaired) electrons. The number of halogens is 3. The summed E-state index contributed by atoms with van der Waals surface area (Å²) in [5.74, 6) is -3.30. The minimum absolute atomic E-state index is 0.0468. The van der Waals surface area contributed by atoms with Gasteiger partial charge in [-0.25, -0.2) is 8.78 Å². The van der Waals surface area contributed by atoms with Gasteiger partial charge in [-0.2, -0.15) is 0 Å². The molecule has 2 aliphatic rings. The predicted molar refractivity (Wildman–Crippen MR) is 99.1 cm³/mol. The Bertz CT molecular complexity index is 656. The van der Waals surface area contributed by atoms with Gasteiger partial charge in [-0.05, 0) is 68.1 Å². The van der Waals surface area contributed by atoms with Crippen LogP contribution in [0.5, 0.6) is 0 Å². The second-order valence-corrected chi connectivity index (χ2v) is 8.55. The number of anilines is 1. The fourth-order valence-electron chi connectivity index (χ4n) is 4.49. The van der Waals surface area contributed by atoms with Crippen LogP contribution < -0.4 is 4.90 Å². The van der Waals surface area contributed by atoms with E-state index < -0.39 is 11.9 Å². The van der Waals surface area contributed by atoms with Crippen LogP contribution in [-0.2, 0) is 10.7 Å². The molecule has 1 aliphatic heterocycles. The van der Waals surface area contributed by atoms with Gasteiger partial charge in [0.15, 0.2) is 0 Å². The predicted octanol–water partition coefficient (Wildman–Crippen LogP) is 5.70. The van der Waals surface area contributed by atoms with Gasteiger partial charge >= 0.3 is 5.97 Å². The summed E-state index contributed by atoms with van der Waals surface area (Å²) in [6, 6.07) is 4.65. The number of nitrogens with zero attached hydrogens (tertiary/aromatic N) is 1. The molecular formula is C20H26ClF2NO2. The van der Waals surface area contributed by atoms with E-state index in [2.05, 4.69) is 4.90 Å². The van der Waals surface area contributed by atoms with Gasteiger partial charge in [-0.15, -0.1) is 0 Å². The average Bonchev–Trinajstić information content (AvgIpc) is 2.56. The maximum Gasteiger partial charge on any atom is 0.303 e. The number of aliphatic carboxylic acids is 1. The molecule has 0 bridgehead atoms. The molecule has 1 heterocycles. The number of piperidine rings is 1. The van der Waals surface area contributed by atoms with Crippen molar-refractivity contribution in [3.63, 3.8) is 0 Å². The lowest BCUT2D eigenvalue weighted by molar-refractivity contribution is -0.138. The quantitative estimate of drug-likeness (QED) is 0.722. The van der Waals surface area contributed by atoms with Crippen LogP contribution in [0.25, 0.3) is 0 Å². The number of carboxylic acids is 1. The number of hydrogen-bond donors (Lipinski definition) is 1. The Morgan fingerprint density at radius 3 is 2.38 bits per heavy atom. The first-order valence-corrected chi connectivity index (χ1v) is 9.70. The lowest BCUT2D eigenvalue weighted by Crippen LogP contribution is -2.42. The van der Waals surface area contributed by atoms with E-state index in [0.29, 0.717) is 16.4 Å². The first-order chi connectivity index (χ1) is 12.2. The molecule has 1 spiro atoms. The van der Waals surface area contributed by atoms with Crippen molar-refractivity contribution >= 4 is 23.3 Å². The SMILES string of the molecule is CC(F)(F)c1cc(Cl)cc(N2CCC3(CCC(CC(=O)O)CC3)CC2)c1. The van der Waals surface area contributed by atoms with Gasteiger partial charge in [0.1, 0.15) is 0 Å². The molecule has 26 heavy (non-hydrogen) atoms. The average molecular weight is 386 g/mol. The zero-order valence-corrected chi connectivity index (χ0v) is 15.9. The van der Waals surface area contributed by atoms with Gasteiger partial charge in [-0.3, -0.25) is 4.79 Å². The van der Waals surface area contributed by atoms with Crippen LogP contribution in [0.3, 0.4) is 0 Å². The van der Waals surface area contributed by atoms with Gasteiger partial charge in [-0.1, -0.05) is 11.6 Å². The van der Waals surface area contributed by atoms with Crippen molar-refractivity contribution in [1.29, 1.82) is 0 Å². The summed E-state index contributed by atoms with van der Waals surface area (Å²) >= 11 is 6.07. The lowest BCUT2D eigenvalue weighted by atomic mass is 9.65. The number of hydrogen-bond acceptors (Lipinski definition) is 2. The molecule has 1 aromatic carbocycles. The summed E-state index contributed by atoms with van der Waals surface area (Å²) in [6.07, 6.45) is 6.44. The van der Waals surface area contributed by atoms with Crippen molar-refractivity contribution < 1.29 is 18.7 Å². The van der Waals surface area contributed by atoms with E-state index in [9.17, 15) is 13.6 Å². The summed E-state index contributed by atoms with van der Waals surface area (Å²) in [5.41, 5.74) is 1.01. The van der Waals surface area contributed by atoms with E-state index in [1.807, 2.05) is 0 Å². The molecule has 1 aromatic rings. The van der Waals surface area contributed by atoms with Crippen LogP contribution in [0.1, 0.15) is 57.4 Å². The summed E-state index contributed by atoms with van der Waals surface area (Å²) in [4.78, 5) is 13.0. The lowest BCUT2D eigenvalue weighted by Gasteiger charge is -2.46. The molecular weight excluding hydrogens is 360 g/mol. The molecule has 0 atom stereocenters. The number of carboxylic acid groups (broad SMARTS) is 1. The second kappa shape index (κ2) is 7.34. The molecule has 1 aliphatic carbocycles. The van der Waals surface area contributed by atoms with Gasteiger partial charge in [0.2, 0.25) is 0 Å². The zero-order chi connectivity index (χ0) is 18.9. The number of carbonyl (C=O) groups is 1. The molecule has 6 heteroatoms. The third-order valence-corrected chi connectivity index (χ3v) is 6.43. The second-order valence-electron chi connectivity index (χ2n) is 8.11. The minimum atomic E-state index is -2.90. The van der Waals surface area contributed by atoms with E-state index in [-0.39, 0.29) is 12.0 Å². The Hall–Kier alpha value is -1.36. The Kier molecular flexibility index (Phi) is 5.48. The Balaban J connectivity index is 1.63. The van der Waals surface area contributed by atoms with Crippen molar-refractivity contribution in [3.05, 3.63) is 28.8 Å². The Labute approximate surface area is 158 Å². The fourth-order valence-corrected chi connectivity index (χ4v) is 4.72. The first-order valence-electron chi connectivity index (χ1n) is 9.33. The van der Waals surface area contributed by atoms with Gasteiger partial charge in [0.05, 0.1) is 0 Å². The van der Waals surface area contributed by atoms with E-state index >= 15 is 0 Å². The van der Waals surface area contributed by atoms with Crippen LogP contribution in [0, 0.1) is 11.3 Å². The number of rotatable bonds is 4. The molecule has 1 N–H and O–H groups in total. The highest BCUT2D eigenvalue weighted by Crippen LogP contribution is 2.47. The minimum Gasteiger partial charge on any atom is -0.481 e. The monoisotopic (exact) mass is 385 g/mol. The molecule has 3 rings (SSSR count). The standard InChI is InChI=1S/C20H26ClF2NO2/c1-19(22,23)15-11-16(21)13-17(12-15)24-8-6-20(7-9-24)4-2-14(3-5-20)10-18(25)26/h11-14H,2-10H2,1H3,(H,25,26). The third-order valence-electron chi connectivity index (χ3n) is 6.21. The molecule has 1 saturated carbocycles. The summed E-state index contributed by atoms with van der Waals surface area (Å²) in [5, 5.41) is 9.30. The highest BCUT2D eigenvalue weighted by molar-refractivity contribution is 6.31. The van der Waals surface area contributed by atoms with Crippen molar-refractivity contribution in [2.45, 2.75) is 57.8 Å². The maximum atomic E-state index is 13.7. The van der Waals surface area contributed by atoms with Crippen LogP contribution in [0.15, 0.2) is 18.2 Å². The van der Waals surface area contributed by atoms with Crippen molar-refractivity contribution in [1.82, 2.24) is 0 Å². The van der Waals surface area contributed by atoms with Crippen LogP contribution in [-0.4, -0.2) is 24.2 Å².